The van der Waals surface area contributed by atoms with Crippen LogP contribution in [0.25, 0.3) is 0 Å². The van der Waals surface area contributed by atoms with E-state index in [1.54, 1.807) is 31.2 Å². The lowest BCUT2D eigenvalue weighted by Crippen LogP contribution is -2.44. The maximum atomic E-state index is 12.2. The molecule has 0 spiro atoms. The Bertz CT molecular complexity index is 901. The highest BCUT2D eigenvalue weighted by Gasteiger charge is 2.16. The number of hydrogen-bond acceptors (Lipinski definition) is 6. The normalized spacial score (nSPS) is 11.2. The van der Waals surface area contributed by atoms with Gasteiger partial charge < -0.3 is 5.32 Å². The van der Waals surface area contributed by atoms with Crippen molar-refractivity contribution in [1.29, 1.82) is 0 Å². The number of carbonyl (C=O) groups is 3. The van der Waals surface area contributed by atoms with Gasteiger partial charge in [0.25, 0.3) is 17.5 Å². The van der Waals surface area contributed by atoms with Crippen LogP contribution in [0.1, 0.15) is 24.2 Å². The predicted octanol–water partition coefficient (Wildman–Crippen LogP) is 2.50. The van der Waals surface area contributed by atoms with E-state index in [0.29, 0.717) is 5.69 Å². The van der Waals surface area contributed by atoms with E-state index in [0.717, 1.165) is 11.0 Å². The van der Waals surface area contributed by atoms with Crippen LogP contribution in [-0.2, 0) is 9.59 Å². The molecule has 0 saturated carbocycles. The van der Waals surface area contributed by atoms with Crippen LogP contribution >= 0.6 is 11.8 Å². The molecule has 1 atom stereocenters. The second-order valence-electron chi connectivity index (χ2n) is 5.72. The van der Waals surface area contributed by atoms with Crippen LogP contribution in [0.4, 0.5) is 11.4 Å². The third-order valence-corrected chi connectivity index (χ3v) is 4.59. The van der Waals surface area contributed by atoms with Crippen molar-refractivity contribution in [3.8, 4) is 0 Å². The summed E-state index contributed by atoms with van der Waals surface area (Å²) in [6.07, 6.45) is 0. The number of rotatable bonds is 6. The van der Waals surface area contributed by atoms with E-state index >= 15 is 0 Å². The molecule has 2 aromatic carbocycles. The third kappa shape index (κ3) is 6.09. The van der Waals surface area contributed by atoms with Gasteiger partial charge in [0.1, 0.15) is 0 Å². The van der Waals surface area contributed by atoms with E-state index in [1.165, 1.54) is 36.9 Å². The fraction of sp³-hybridized carbons (Fsp3) is 0.167. The minimum absolute atomic E-state index is 0.0587. The molecule has 3 N–H and O–H groups in total. The molecule has 0 aliphatic heterocycles. The fourth-order valence-corrected chi connectivity index (χ4v) is 3.00. The lowest BCUT2D eigenvalue weighted by Gasteiger charge is -2.13. The van der Waals surface area contributed by atoms with Gasteiger partial charge in [0.2, 0.25) is 5.91 Å². The van der Waals surface area contributed by atoms with Crippen LogP contribution in [0.5, 0.6) is 0 Å². The second-order valence-corrected chi connectivity index (χ2v) is 7.13. The van der Waals surface area contributed by atoms with Gasteiger partial charge in [-0.1, -0.05) is 6.07 Å². The second kappa shape index (κ2) is 9.51. The first kappa shape index (κ1) is 20.9. The summed E-state index contributed by atoms with van der Waals surface area (Å²) in [5, 5.41) is 12.9. The fourth-order valence-electron chi connectivity index (χ4n) is 2.13. The molecule has 3 amide bonds. The van der Waals surface area contributed by atoms with E-state index in [2.05, 4.69) is 16.2 Å². The largest absolute Gasteiger partial charge is 0.326 e. The minimum Gasteiger partial charge on any atom is -0.326 e. The van der Waals surface area contributed by atoms with Gasteiger partial charge in [0.15, 0.2) is 0 Å². The maximum Gasteiger partial charge on any atom is 0.270 e. The zero-order valence-corrected chi connectivity index (χ0v) is 15.9. The van der Waals surface area contributed by atoms with Gasteiger partial charge in [-0.15, -0.1) is 11.8 Å². The number of nitro groups is 1. The number of nitrogens with one attached hydrogen (secondary N) is 3. The number of benzene rings is 2. The Labute approximate surface area is 165 Å². The van der Waals surface area contributed by atoms with Gasteiger partial charge >= 0.3 is 0 Å². The zero-order valence-electron chi connectivity index (χ0n) is 15.1. The molecule has 146 valence electrons. The zero-order chi connectivity index (χ0) is 20.7. The molecule has 0 bridgehead atoms. The van der Waals surface area contributed by atoms with Gasteiger partial charge in [-0.25, -0.2) is 0 Å². The first-order chi connectivity index (χ1) is 13.3. The summed E-state index contributed by atoms with van der Waals surface area (Å²) < 4.78 is 0. The van der Waals surface area contributed by atoms with E-state index in [-0.39, 0.29) is 17.2 Å². The summed E-state index contributed by atoms with van der Waals surface area (Å²) in [4.78, 5) is 46.2. The van der Waals surface area contributed by atoms with Crippen LogP contribution < -0.4 is 16.2 Å². The Balaban J connectivity index is 1.88. The van der Waals surface area contributed by atoms with Crippen molar-refractivity contribution in [2.75, 3.05) is 5.32 Å². The van der Waals surface area contributed by atoms with Gasteiger partial charge in [0, 0.05) is 35.2 Å². The summed E-state index contributed by atoms with van der Waals surface area (Å²) in [5.74, 6) is -1.27. The van der Waals surface area contributed by atoms with Crippen LogP contribution in [0.15, 0.2) is 53.4 Å². The topological polar surface area (TPSA) is 130 Å². The minimum atomic E-state index is -0.658. The molecule has 0 heterocycles. The summed E-state index contributed by atoms with van der Waals surface area (Å²) in [6.45, 7) is 3.08. The molecule has 2 rings (SSSR count). The molecule has 9 nitrogen and oxygen atoms in total. The molecular formula is C18H18N4O5S. The molecule has 0 radical (unpaired) electrons. The summed E-state index contributed by atoms with van der Waals surface area (Å²) in [5.41, 5.74) is 5.03. The molecule has 10 heteroatoms. The molecule has 0 fully saturated rings. The Morgan fingerprint density at radius 1 is 1.07 bits per heavy atom. The quantitative estimate of drug-likeness (QED) is 0.387. The number of anilines is 1. The van der Waals surface area contributed by atoms with Crippen LogP contribution in [-0.4, -0.2) is 27.9 Å². The molecule has 0 saturated heterocycles. The third-order valence-electron chi connectivity index (χ3n) is 3.48. The summed E-state index contributed by atoms with van der Waals surface area (Å²) >= 11 is 1.27. The van der Waals surface area contributed by atoms with Crippen molar-refractivity contribution in [2.45, 2.75) is 24.0 Å². The van der Waals surface area contributed by atoms with Gasteiger partial charge in [-0.2, -0.15) is 0 Å². The van der Waals surface area contributed by atoms with E-state index < -0.39 is 22.0 Å². The summed E-state index contributed by atoms with van der Waals surface area (Å²) in [7, 11) is 0. The van der Waals surface area contributed by atoms with Gasteiger partial charge in [-0.05, 0) is 37.3 Å². The molecule has 0 aliphatic rings. The molecule has 1 unspecified atom stereocenters. The standard InChI is InChI=1S/C18H18N4O5S/c1-11(28-16-8-6-14(7-9-16)19-12(2)23)17(24)20-21-18(25)13-4-3-5-15(10-13)22(26)27/h3-11H,1-2H3,(H,19,23)(H,20,24)(H,21,25). The average Bonchev–Trinajstić information content (AvgIpc) is 2.66. The molecule has 28 heavy (non-hydrogen) atoms. The number of carbonyl (C=O) groups excluding carboxylic acids is 3. The first-order valence-corrected chi connectivity index (χ1v) is 9.03. The number of thioether (sulfide) groups is 1. The SMILES string of the molecule is CC(=O)Nc1ccc(SC(C)C(=O)NNC(=O)c2cccc([N+](=O)[O-])c2)cc1. The molecule has 0 aromatic heterocycles. The van der Waals surface area contributed by atoms with Gasteiger partial charge in [-0.3, -0.25) is 35.3 Å². The van der Waals surface area contributed by atoms with Crippen molar-refractivity contribution in [3.63, 3.8) is 0 Å². The first-order valence-electron chi connectivity index (χ1n) is 8.15. The van der Waals surface area contributed by atoms with Crippen molar-refractivity contribution >= 4 is 40.9 Å². The lowest BCUT2D eigenvalue weighted by molar-refractivity contribution is -0.384. The van der Waals surface area contributed by atoms with E-state index in [9.17, 15) is 24.5 Å². The van der Waals surface area contributed by atoms with E-state index in [4.69, 9.17) is 0 Å². The number of amides is 3. The van der Waals surface area contributed by atoms with Gasteiger partial charge in [0.05, 0.1) is 10.2 Å². The van der Waals surface area contributed by atoms with Crippen LogP contribution in [0.2, 0.25) is 0 Å². The van der Waals surface area contributed by atoms with Crippen molar-refractivity contribution < 1.29 is 19.3 Å². The van der Waals surface area contributed by atoms with Crippen molar-refractivity contribution in [1.82, 2.24) is 10.9 Å². The highest BCUT2D eigenvalue weighted by Crippen LogP contribution is 2.24. The number of nitrogens with zero attached hydrogens (tertiary/aromatic N) is 1. The summed E-state index contributed by atoms with van der Waals surface area (Å²) in [6, 6.07) is 12.2. The Kier molecular flexibility index (Phi) is 7.10. The highest BCUT2D eigenvalue weighted by atomic mass is 32.2. The number of hydrazine groups is 1. The molecule has 2 aromatic rings. The van der Waals surface area contributed by atoms with E-state index in [1.807, 2.05) is 0 Å². The highest BCUT2D eigenvalue weighted by molar-refractivity contribution is 8.00. The van der Waals surface area contributed by atoms with Crippen LogP contribution in [0, 0.1) is 10.1 Å². The molecule has 0 aliphatic carbocycles. The Hall–Kier alpha value is -3.40. The average molecular weight is 402 g/mol. The molecular weight excluding hydrogens is 384 g/mol. The number of non-ortho nitro benzene ring substituents is 1. The number of nitro benzene ring substituents is 1. The van der Waals surface area contributed by atoms with Crippen molar-refractivity contribution in [3.05, 3.63) is 64.2 Å². The van der Waals surface area contributed by atoms with Crippen LogP contribution in [0.3, 0.4) is 0 Å². The van der Waals surface area contributed by atoms with Crippen molar-refractivity contribution in [2.24, 2.45) is 0 Å². The predicted molar refractivity (Wildman–Crippen MR) is 105 cm³/mol. The smallest absolute Gasteiger partial charge is 0.270 e. The Morgan fingerprint density at radius 3 is 2.36 bits per heavy atom. The lowest BCUT2D eigenvalue weighted by atomic mass is 10.2. The maximum absolute atomic E-state index is 12.2. The Morgan fingerprint density at radius 2 is 1.75 bits per heavy atom. The number of hydrogen-bond donors (Lipinski definition) is 3. The monoisotopic (exact) mass is 402 g/mol.